The SMILES string of the molecule is COc1ccc(OCC2CCC(c3ccc(C(=O)Cl)cc3)CC2)cc1. The van der Waals surface area contributed by atoms with Gasteiger partial charge in [0.15, 0.2) is 0 Å². The summed E-state index contributed by atoms with van der Waals surface area (Å²) in [4.78, 5) is 11.1. The molecule has 1 aliphatic rings. The fraction of sp³-hybridized carbons (Fsp3) is 0.381. The summed E-state index contributed by atoms with van der Waals surface area (Å²) in [5.74, 6) is 2.90. The van der Waals surface area contributed by atoms with Crippen molar-refractivity contribution in [1.29, 1.82) is 0 Å². The van der Waals surface area contributed by atoms with Gasteiger partial charge in [0.1, 0.15) is 11.5 Å². The van der Waals surface area contributed by atoms with Gasteiger partial charge in [-0.25, -0.2) is 0 Å². The number of methoxy groups -OCH3 is 1. The lowest BCUT2D eigenvalue weighted by atomic mass is 9.79. The highest BCUT2D eigenvalue weighted by Gasteiger charge is 2.23. The van der Waals surface area contributed by atoms with Crippen molar-refractivity contribution < 1.29 is 14.3 Å². The molecule has 0 amide bonds. The zero-order valence-electron chi connectivity index (χ0n) is 14.4. The van der Waals surface area contributed by atoms with E-state index in [0.29, 0.717) is 17.4 Å². The van der Waals surface area contributed by atoms with Crippen LogP contribution in [0.15, 0.2) is 48.5 Å². The Hall–Kier alpha value is -2.00. The predicted molar refractivity (Wildman–Crippen MR) is 99.8 cm³/mol. The van der Waals surface area contributed by atoms with E-state index in [0.717, 1.165) is 43.8 Å². The van der Waals surface area contributed by atoms with E-state index in [9.17, 15) is 4.79 Å². The molecule has 132 valence electrons. The molecule has 0 spiro atoms. The highest BCUT2D eigenvalue weighted by atomic mass is 35.5. The van der Waals surface area contributed by atoms with Gasteiger partial charge in [-0.1, -0.05) is 12.1 Å². The summed E-state index contributed by atoms with van der Waals surface area (Å²) >= 11 is 5.50. The molecule has 2 aromatic rings. The maximum Gasteiger partial charge on any atom is 0.252 e. The fourth-order valence-electron chi connectivity index (χ4n) is 3.43. The molecule has 0 heterocycles. The van der Waals surface area contributed by atoms with Gasteiger partial charge in [-0.05, 0) is 91.1 Å². The quantitative estimate of drug-likeness (QED) is 0.646. The summed E-state index contributed by atoms with van der Waals surface area (Å²) in [6.07, 6.45) is 4.64. The van der Waals surface area contributed by atoms with Gasteiger partial charge in [-0.3, -0.25) is 4.79 Å². The van der Waals surface area contributed by atoms with Crippen LogP contribution in [0.5, 0.6) is 11.5 Å². The molecule has 0 unspecified atom stereocenters. The maximum atomic E-state index is 11.1. The Balaban J connectivity index is 1.47. The second-order valence-corrected chi connectivity index (χ2v) is 6.94. The number of halogens is 1. The summed E-state index contributed by atoms with van der Waals surface area (Å²) < 4.78 is 11.1. The number of carbonyl (C=O) groups excluding carboxylic acids is 1. The lowest BCUT2D eigenvalue weighted by Gasteiger charge is -2.28. The molecule has 4 heteroatoms. The second-order valence-electron chi connectivity index (χ2n) is 6.60. The summed E-state index contributed by atoms with van der Waals surface area (Å²) in [5, 5.41) is -0.397. The predicted octanol–water partition coefficient (Wildman–Crippen LogP) is 5.43. The minimum Gasteiger partial charge on any atom is -0.497 e. The summed E-state index contributed by atoms with van der Waals surface area (Å²) in [7, 11) is 1.66. The lowest BCUT2D eigenvalue weighted by Crippen LogP contribution is -2.19. The van der Waals surface area contributed by atoms with Crippen LogP contribution in [0.4, 0.5) is 0 Å². The molecule has 0 aromatic heterocycles. The third kappa shape index (κ3) is 4.76. The van der Waals surface area contributed by atoms with Crippen molar-refractivity contribution in [3.05, 3.63) is 59.7 Å². The molecule has 0 aliphatic heterocycles. The minimum absolute atomic E-state index is 0.397. The van der Waals surface area contributed by atoms with Crippen LogP contribution in [-0.2, 0) is 0 Å². The number of hydrogen-bond acceptors (Lipinski definition) is 3. The minimum atomic E-state index is -0.397. The molecule has 1 fully saturated rings. The first-order valence-electron chi connectivity index (χ1n) is 8.72. The Morgan fingerprint density at radius 1 is 0.960 bits per heavy atom. The number of ether oxygens (including phenoxy) is 2. The fourth-order valence-corrected chi connectivity index (χ4v) is 3.56. The van der Waals surface area contributed by atoms with Crippen molar-refractivity contribution in [2.75, 3.05) is 13.7 Å². The molecular weight excluding hydrogens is 336 g/mol. The van der Waals surface area contributed by atoms with Gasteiger partial charge in [-0.2, -0.15) is 0 Å². The Morgan fingerprint density at radius 2 is 1.56 bits per heavy atom. The van der Waals surface area contributed by atoms with Crippen LogP contribution < -0.4 is 9.47 Å². The third-order valence-corrected chi connectivity index (χ3v) is 5.22. The summed E-state index contributed by atoms with van der Waals surface area (Å²) in [5.41, 5.74) is 1.86. The average Bonchev–Trinajstić information content (AvgIpc) is 2.67. The van der Waals surface area contributed by atoms with Crippen LogP contribution in [0.2, 0.25) is 0 Å². The molecule has 1 aliphatic carbocycles. The molecule has 0 bridgehead atoms. The highest BCUT2D eigenvalue weighted by Crippen LogP contribution is 2.36. The summed E-state index contributed by atoms with van der Waals surface area (Å²) in [6.45, 7) is 0.763. The van der Waals surface area contributed by atoms with E-state index in [4.69, 9.17) is 21.1 Å². The molecule has 3 nitrogen and oxygen atoms in total. The molecule has 3 rings (SSSR count). The van der Waals surface area contributed by atoms with E-state index in [-0.39, 0.29) is 0 Å². The van der Waals surface area contributed by atoms with E-state index >= 15 is 0 Å². The van der Waals surface area contributed by atoms with Crippen molar-refractivity contribution in [3.8, 4) is 11.5 Å². The van der Waals surface area contributed by atoms with Crippen LogP contribution >= 0.6 is 11.6 Å². The molecule has 2 aromatic carbocycles. The molecule has 0 saturated heterocycles. The maximum absolute atomic E-state index is 11.1. The van der Waals surface area contributed by atoms with E-state index in [1.165, 1.54) is 5.56 Å². The average molecular weight is 359 g/mol. The molecule has 0 N–H and O–H groups in total. The van der Waals surface area contributed by atoms with Crippen LogP contribution in [0.1, 0.15) is 47.5 Å². The lowest BCUT2D eigenvalue weighted by molar-refractivity contribution is 0.108. The number of benzene rings is 2. The highest BCUT2D eigenvalue weighted by molar-refractivity contribution is 6.67. The van der Waals surface area contributed by atoms with E-state index < -0.39 is 5.24 Å². The second kappa shape index (κ2) is 8.39. The Kier molecular flexibility index (Phi) is 5.98. The van der Waals surface area contributed by atoms with E-state index in [1.54, 1.807) is 7.11 Å². The van der Waals surface area contributed by atoms with Gasteiger partial charge in [-0.15, -0.1) is 0 Å². The van der Waals surface area contributed by atoms with Gasteiger partial charge < -0.3 is 9.47 Å². The Labute approximate surface area is 153 Å². The van der Waals surface area contributed by atoms with Crippen molar-refractivity contribution in [2.24, 2.45) is 5.92 Å². The van der Waals surface area contributed by atoms with Crippen LogP contribution in [0.3, 0.4) is 0 Å². The molecule has 0 atom stereocenters. The first-order valence-corrected chi connectivity index (χ1v) is 9.10. The Morgan fingerprint density at radius 3 is 2.12 bits per heavy atom. The van der Waals surface area contributed by atoms with Crippen LogP contribution in [-0.4, -0.2) is 19.0 Å². The Bertz CT molecular complexity index is 686. The zero-order chi connectivity index (χ0) is 17.6. The van der Waals surface area contributed by atoms with Crippen LogP contribution in [0.25, 0.3) is 0 Å². The molecular formula is C21H23ClO3. The topological polar surface area (TPSA) is 35.5 Å². The molecule has 0 radical (unpaired) electrons. The zero-order valence-corrected chi connectivity index (χ0v) is 15.2. The van der Waals surface area contributed by atoms with Gasteiger partial charge in [0.25, 0.3) is 5.24 Å². The molecule has 1 saturated carbocycles. The number of rotatable bonds is 6. The van der Waals surface area contributed by atoms with Crippen molar-refractivity contribution in [3.63, 3.8) is 0 Å². The van der Waals surface area contributed by atoms with E-state index in [1.807, 2.05) is 48.5 Å². The van der Waals surface area contributed by atoms with Crippen LogP contribution in [0, 0.1) is 5.92 Å². The van der Waals surface area contributed by atoms with Gasteiger partial charge in [0, 0.05) is 5.56 Å². The molecule has 25 heavy (non-hydrogen) atoms. The van der Waals surface area contributed by atoms with E-state index in [2.05, 4.69) is 0 Å². The standard InChI is InChI=1S/C21H23ClO3/c1-24-19-10-12-20(13-11-19)25-14-15-2-4-16(5-3-15)17-6-8-18(9-7-17)21(22)23/h6-13,15-16H,2-5,14H2,1H3. The van der Waals surface area contributed by atoms with Gasteiger partial charge >= 0.3 is 0 Å². The monoisotopic (exact) mass is 358 g/mol. The van der Waals surface area contributed by atoms with Crippen molar-refractivity contribution >= 4 is 16.8 Å². The summed E-state index contributed by atoms with van der Waals surface area (Å²) in [6, 6.07) is 15.5. The largest absolute Gasteiger partial charge is 0.497 e. The van der Waals surface area contributed by atoms with Gasteiger partial charge in [0.05, 0.1) is 13.7 Å². The van der Waals surface area contributed by atoms with Crippen molar-refractivity contribution in [2.45, 2.75) is 31.6 Å². The number of hydrogen-bond donors (Lipinski definition) is 0. The third-order valence-electron chi connectivity index (χ3n) is 5.00. The normalized spacial score (nSPS) is 20.1. The number of carbonyl (C=O) groups is 1. The van der Waals surface area contributed by atoms with Gasteiger partial charge in [0.2, 0.25) is 0 Å². The first-order chi connectivity index (χ1) is 12.2. The first kappa shape index (κ1) is 17.8. The smallest absolute Gasteiger partial charge is 0.252 e. The van der Waals surface area contributed by atoms with Crippen molar-refractivity contribution in [1.82, 2.24) is 0 Å².